The van der Waals surface area contributed by atoms with Crippen molar-refractivity contribution in [3.8, 4) is 0 Å². The third kappa shape index (κ3) is 3.57. The summed E-state index contributed by atoms with van der Waals surface area (Å²) in [6.07, 6.45) is 0. The smallest absolute Gasteiger partial charge is 0.242 e. The Morgan fingerprint density at radius 1 is 1.18 bits per heavy atom. The molecule has 1 aromatic rings. The van der Waals surface area contributed by atoms with Gasteiger partial charge < -0.3 is 16.4 Å². The molecule has 0 heterocycles. The van der Waals surface area contributed by atoms with Gasteiger partial charge in [-0.25, -0.2) is 0 Å². The Labute approximate surface area is 100 Å². The molecule has 5 nitrogen and oxygen atoms in total. The molecule has 0 aliphatic heterocycles. The zero-order chi connectivity index (χ0) is 12.8. The Morgan fingerprint density at radius 3 is 2.29 bits per heavy atom. The fourth-order valence-electron chi connectivity index (χ4n) is 1.40. The monoisotopic (exact) mass is 235 g/mol. The van der Waals surface area contributed by atoms with Crippen LogP contribution >= 0.6 is 0 Å². The molecule has 4 N–H and O–H groups in total. The molecule has 2 unspecified atom stereocenters. The van der Waals surface area contributed by atoms with Crippen molar-refractivity contribution in [2.24, 2.45) is 5.73 Å². The highest BCUT2D eigenvalue weighted by Crippen LogP contribution is 2.09. The average Bonchev–Trinajstić information content (AvgIpc) is 2.37. The fourth-order valence-corrected chi connectivity index (χ4v) is 1.40. The Bertz CT molecular complexity index is 392. The summed E-state index contributed by atoms with van der Waals surface area (Å²) in [4.78, 5) is 23.0. The van der Waals surface area contributed by atoms with Crippen molar-refractivity contribution in [1.82, 2.24) is 10.6 Å². The molecule has 0 fully saturated rings. The molecule has 1 rings (SSSR count). The molecule has 5 heteroatoms. The van der Waals surface area contributed by atoms with Crippen LogP contribution in [-0.2, 0) is 9.59 Å². The molecule has 0 aromatic heterocycles. The van der Waals surface area contributed by atoms with Crippen molar-refractivity contribution in [3.05, 3.63) is 35.9 Å². The third-order valence-corrected chi connectivity index (χ3v) is 2.44. The maximum Gasteiger partial charge on any atom is 0.242 e. The summed E-state index contributed by atoms with van der Waals surface area (Å²) in [7, 11) is 1.52. The van der Waals surface area contributed by atoms with E-state index >= 15 is 0 Å². The van der Waals surface area contributed by atoms with Crippen LogP contribution in [0.3, 0.4) is 0 Å². The van der Waals surface area contributed by atoms with Crippen LogP contribution in [0.5, 0.6) is 0 Å². The normalized spacial score (nSPS) is 13.6. The summed E-state index contributed by atoms with van der Waals surface area (Å²) in [6, 6.07) is 7.66. The summed E-state index contributed by atoms with van der Waals surface area (Å²) >= 11 is 0. The molecule has 2 atom stereocenters. The molecule has 0 bridgehead atoms. The fraction of sp³-hybridized carbons (Fsp3) is 0.333. The molecule has 0 aliphatic carbocycles. The van der Waals surface area contributed by atoms with Gasteiger partial charge in [-0.1, -0.05) is 30.3 Å². The van der Waals surface area contributed by atoms with E-state index in [1.807, 2.05) is 18.2 Å². The lowest BCUT2D eigenvalue weighted by Gasteiger charge is -2.16. The highest BCUT2D eigenvalue weighted by atomic mass is 16.2. The zero-order valence-corrected chi connectivity index (χ0v) is 9.94. The van der Waals surface area contributed by atoms with Crippen molar-refractivity contribution < 1.29 is 9.59 Å². The minimum atomic E-state index is -0.761. The van der Waals surface area contributed by atoms with Crippen molar-refractivity contribution in [1.29, 1.82) is 0 Å². The average molecular weight is 235 g/mol. The van der Waals surface area contributed by atoms with Crippen LogP contribution in [0.15, 0.2) is 30.3 Å². The quantitative estimate of drug-likeness (QED) is 0.683. The first-order chi connectivity index (χ1) is 8.06. The first-order valence-electron chi connectivity index (χ1n) is 5.38. The Morgan fingerprint density at radius 2 is 1.76 bits per heavy atom. The van der Waals surface area contributed by atoms with Gasteiger partial charge in [0, 0.05) is 7.05 Å². The van der Waals surface area contributed by atoms with E-state index in [2.05, 4.69) is 10.6 Å². The summed E-state index contributed by atoms with van der Waals surface area (Å²) in [5.74, 6) is -0.620. The van der Waals surface area contributed by atoms with Crippen LogP contribution in [0.25, 0.3) is 0 Å². The predicted octanol–water partition coefficient (Wildman–Crippen LogP) is -0.0629. The van der Waals surface area contributed by atoms with Crippen LogP contribution in [-0.4, -0.2) is 24.9 Å². The molecule has 0 spiro atoms. The predicted molar refractivity (Wildman–Crippen MR) is 65.0 cm³/mol. The van der Waals surface area contributed by atoms with Gasteiger partial charge in [0.1, 0.15) is 12.1 Å². The lowest BCUT2D eigenvalue weighted by Crippen LogP contribution is -2.46. The number of nitrogens with one attached hydrogen (secondary N) is 2. The van der Waals surface area contributed by atoms with E-state index in [0.29, 0.717) is 5.56 Å². The number of carbonyl (C=O) groups excluding carboxylic acids is 2. The molecule has 1 aromatic carbocycles. The van der Waals surface area contributed by atoms with Crippen molar-refractivity contribution in [2.75, 3.05) is 7.05 Å². The number of rotatable bonds is 4. The lowest BCUT2D eigenvalue weighted by molar-refractivity contribution is -0.129. The summed E-state index contributed by atoms with van der Waals surface area (Å²) in [6.45, 7) is 1.61. The van der Waals surface area contributed by atoms with E-state index in [1.54, 1.807) is 19.1 Å². The molecule has 0 saturated heterocycles. The maximum absolute atomic E-state index is 11.8. The molecule has 0 aliphatic rings. The molecule has 0 saturated carbocycles. The van der Waals surface area contributed by atoms with Gasteiger partial charge in [0.25, 0.3) is 0 Å². The highest BCUT2D eigenvalue weighted by Gasteiger charge is 2.20. The second-order valence-electron chi connectivity index (χ2n) is 3.73. The maximum atomic E-state index is 11.8. The first kappa shape index (κ1) is 13.2. The van der Waals surface area contributed by atoms with Crippen molar-refractivity contribution >= 4 is 11.8 Å². The summed E-state index contributed by atoms with van der Waals surface area (Å²) in [5.41, 5.74) is 6.50. The first-order valence-corrected chi connectivity index (χ1v) is 5.38. The second kappa shape index (κ2) is 6.00. The largest absolute Gasteiger partial charge is 0.357 e. The van der Waals surface area contributed by atoms with Gasteiger partial charge in [-0.05, 0) is 12.5 Å². The molecular weight excluding hydrogens is 218 g/mol. The number of amides is 2. The highest BCUT2D eigenvalue weighted by molar-refractivity contribution is 5.89. The molecule has 17 heavy (non-hydrogen) atoms. The number of hydrogen-bond acceptors (Lipinski definition) is 3. The van der Waals surface area contributed by atoms with E-state index in [4.69, 9.17) is 5.73 Å². The minimum Gasteiger partial charge on any atom is -0.357 e. The van der Waals surface area contributed by atoms with E-state index in [-0.39, 0.29) is 11.8 Å². The van der Waals surface area contributed by atoms with Crippen LogP contribution in [0.4, 0.5) is 0 Å². The number of benzene rings is 1. The molecule has 92 valence electrons. The minimum absolute atomic E-state index is 0.251. The van der Waals surface area contributed by atoms with Crippen molar-refractivity contribution in [2.45, 2.75) is 19.0 Å². The Hall–Kier alpha value is -1.88. The number of nitrogens with two attached hydrogens (primary N) is 1. The number of likely N-dealkylation sites (N-methyl/N-ethyl adjacent to an activating group) is 1. The lowest BCUT2D eigenvalue weighted by atomic mass is 10.1. The summed E-state index contributed by atoms with van der Waals surface area (Å²) < 4.78 is 0. The van der Waals surface area contributed by atoms with E-state index in [0.717, 1.165) is 0 Å². The number of carbonyl (C=O) groups is 2. The van der Waals surface area contributed by atoms with Crippen LogP contribution in [0.2, 0.25) is 0 Å². The topological polar surface area (TPSA) is 84.2 Å². The Balaban J connectivity index is 2.62. The van der Waals surface area contributed by atoms with Gasteiger partial charge in [-0.15, -0.1) is 0 Å². The SMILES string of the molecule is CNC(=O)C(C)NC(=O)C(N)c1ccccc1. The van der Waals surface area contributed by atoms with E-state index < -0.39 is 12.1 Å². The Kier molecular flexibility index (Phi) is 4.66. The van der Waals surface area contributed by atoms with Gasteiger partial charge in [0.2, 0.25) is 11.8 Å². The van der Waals surface area contributed by atoms with Gasteiger partial charge in [0.05, 0.1) is 0 Å². The molecule has 0 radical (unpaired) electrons. The van der Waals surface area contributed by atoms with Crippen LogP contribution in [0.1, 0.15) is 18.5 Å². The summed E-state index contributed by atoms with van der Waals surface area (Å²) in [5, 5.41) is 5.01. The second-order valence-corrected chi connectivity index (χ2v) is 3.73. The van der Waals surface area contributed by atoms with E-state index in [9.17, 15) is 9.59 Å². The van der Waals surface area contributed by atoms with Gasteiger partial charge in [-0.3, -0.25) is 9.59 Å². The van der Waals surface area contributed by atoms with Gasteiger partial charge >= 0.3 is 0 Å². The standard InChI is InChI=1S/C12H17N3O2/c1-8(11(16)14-2)15-12(17)10(13)9-6-4-3-5-7-9/h3-8,10H,13H2,1-2H3,(H,14,16)(H,15,17). The zero-order valence-electron chi connectivity index (χ0n) is 9.94. The van der Waals surface area contributed by atoms with Crippen molar-refractivity contribution in [3.63, 3.8) is 0 Å². The van der Waals surface area contributed by atoms with Crippen LogP contribution in [0, 0.1) is 0 Å². The van der Waals surface area contributed by atoms with Gasteiger partial charge in [-0.2, -0.15) is 0 Å². The molecule has 2 amide bonds. The third-order valence-electron chi connectivity index (χ3n) is 2.44. The molecular formula is C12H17N3O2. The number of hydrogen-bond donors (Lipinski definition) is 3. The van der Waals surface area contributed by atoms with E-state index in [1.165, 1.54) is 7.05 Å². The van der Waals surface area contributed by atoms with Gasteiger partial charge in [0.15, 0.2) is 0 Å². The van der Waals surface area contributed by atoms with Crippen LogP contribution < -0.4 is 16.4 Å².